The summed E-state index contributed by atoms with van der Waals surface area (Å²) in [5, 5.41) is 9.82. The second-order valence-electron chi connectivity index (χ2n) is 6.89. The summed E-state index contributed by atoms with van der Waals surface area (Å²) in [5.41, 5.74) is 1.32. The molecule has 2 saturated heterocycles. The molecule has 0 aromatic heterocycles. The second kappa shape index (κ2) is 6.61. The quantitative estimate of drug-likeness (QED) is 0.726. The van der Waals surface area contributed by atoms with E-state index in [2.05, 4.69) is 6.07 Å². The lowest BCUT2D eigenvalue weighted by Crippen LogP contribution is -2.62. The molecule has 0 radical (unpaired) electrons. The van der Waals surface area contributed by atoms with Crippen LogP contribution in [0, 0.1) is 18.3 Å². The van der Waals surface area contributed by atoms with E-state index < -0.39 is 15.6 Å². The van der Waals surface area contributed by atoms with Gasteiger partial charge in [-0.3, -0.25) is 9.69 Å². The van der Waals surface area contributed by atoms with Crippen LogP contribution in [0.5, 0.6) is 0 Å². The van der Waals surface area contributed by atoms with Crippen LogP contribution in [0.3, 0.4) is 0 Å². The highest BCUT2D eigenvalue weighted by molar-refractivity contribution is 8.21. The van der Waals surface area contributed by atoms with Gasteiger partial charge in [0.1, 0.15) is 4.08 Å². The monoisotopic (exact) mass is 400 g/mol. The molecule has 0 N–H and O–H groups in total. The van der Waals surface area contributed by atoms with Gasteiger partial charge in [0, 0.05) is 30.0 Å². The molecule has 1 amide bonds. The number of amides is 1. The number of thioether (sulfide) groups is 2. The third-order valence-electron chi connectivity index (χ3n) is 5.53. The summed E-state index contributed by atoms with van der Waals surface area (Å²) in [6, 6.07) is 10.2. The maximum Gasteiger partial charge on any atom is 0.335 e. The molecule has 0 bridgehead atoms. The molecule has 5 nitrogen and oxygen atoms in total. The van der Waals surface area contributed by atoms with E-state index >= 15 is 0 Å². The predicted octanol–water partition coefficient (Wildman–Crippen LogP) is 3.21. The number of fused-ring (bicyclic) bond motifs is 2. The minimum atomic E-state index is -1.22. The molecule has 3 aliphatic heterocycles. The molecule has 0 saturated carbocycles. The fourth-order valence-electron chi connectivity index (χ4n) is 4.43. The van der Waals surface area contributed by atoms with Crippen LogP contribution in [-0.2, 0) is 14.3 Å². The van der Waals surface area contributed by atoms with E-state index in [0.717, 1.165) is 22.6 Å². The van der Waals surface area contributed by atoms with Gasteiger partial charge < -0.3 is 4.74 Å². The van der Waals surface area contributed by atoms with Gasteiger partial charge in [-0.05, 0) is 19.4 Å². The first-order valence-corrected chi connectivity index (χ1v) is 10.9. The lowest BCUT2D eigenvalue weighted by atomic mass is 9.76. The Kier molecular flexibility index (Phi) is 4.52. The van der Waals surface area contributed by atoms with E-state index in [1.54, 1.807) is 36.6 Å². The summed E-state index contributed by atoms with van der Waals surface area (Å²) in [4.78, 5) is 28.0. The molecule has 0 unspecified atom stereocenters. The molecule has 27 heavy (non-hydrogen) atoms. The molecule has 3 heterocycles. The number of nitrogens with zero attached hydrogens (tertiary/aromatic N) is 2. The lowest BCUT2D eigenvalue weighted by Gasteiger charge is -2.44. The van der Waals surface area contributed by atoms with Crippen molar-refractivity contribution >= 4 is 35.4 Å². The normalized spacial score (nSPS) is 28.2. The smallest absolute Gasteiger partial charge is 0.335 e. The van der Waals surface area contributed by atoms with E-state index in [0.29, 0.717) is 5.57 Å². The Bertz CT molecular complexity index is 868. The van der Waals surface area contributed by atoms with E-state index in [4.69, 9.17) is 4.74 Å². The Hall–Kier alpha value is -1.91. The first-order valence-electron chi connectivity index (χ1n) is 8.97. The van der Waals surface area contributed by atoms with E-state index in [9.17, 15) is 14.9 Å². The number of carbonyl (C=O) groups excluding carboxylic acids is 2. The maximum atomic E-state index is 13.5. The number of esters is 1. The van der Waals surface area contributed by atoms with Crippen molar-refractivity contribution in [1.82, 2.24) is 4.90 Å². The van der Waals surface area contributed by atoms with Gasteiger partial charge in [0.25, 0.3) is 0 Å². The molecule has 3 aliphatic rings. The highest BCUT2D eigenvalue weighted by Gasteiger charge is 2.75. The zero-order valence-corrected chi connectivity index (χ0v) is 16.9. The molecule has 0 aliphatic carbocycles. The molecule has 7 heteroatoms. The van der Waals surface area contributed by atoms with Crippen molar-refractivity contribution in [1.29, 1.82) is 5.26 Å². The van der Waals surface area contributed by atoms with Crippen LogP contribution in [0.1, 0.15) is 30.4 Å². The number of benzene rings is 1. The van der Waals surface area contributed by atoms with Crippen LogP contribution in [0.4, 0.5) is 0 Å². The van der Waals surface area contributed by atoms with E-state index in [1.807, 2.05) is 31.2 Å². The molecular formula is C20H20N2O3S2. The summed E-state index contributed by atoms with van der Waals surface area (Å²) in [6.07, 6.45) is 1.83. The van der Waals surface area contributed by atoms with Crippen molar-refractivity contribution in [2.45, 2.75) is 35.8 Å². The molecular weight excluding hydrogens is 380 g/mol. The summed E-state index contributed by atoms with van der Waals surface area (Å²) in [6.45, 7) is 4.01. The molecule has 4 rings (SSSR count). The fourth-order valence-corrected chi connectivity index (χ4v) is 8.10. The first-order chi connectivity index (χ1) is 13.0. The Morgan fingerprint density at radius 1 is 1.33 bits per heavy atom. The Morgan fingerprint density at radius 2 is 2.00 bits per heavy atom. The molecule has 2 fully saturated rings. The van der Waals surface area contributed by atoms with Gasteiger partial charge in [-0.1, -0.05) is 29.8 Å². The van der Waals surface area contributed by atoms with Gasteiger partial charge in [0.05, 0.1) is 18.2 Å². The van der Waals surface area contributed by atoms with Crippen molar-refractivity contribution < 1.29 is 14.3 Å². The predicted molar refractivity (Wildman–Crippen MR) is 106 cm³/mol. The number of rotatable bonds is 3. The molecule has 140 valence electrons. The van der Waals surface area contributed by atoms with Crippen molar-refractivity contribution in [3.63, 3.8) is 0 Å². The van der Waals surface area contributed by atoms with Gasteiger partial charge in [0.15, 0.2) is 5.54 Å². The molecule has 2 atom stereocenters. The van der Waals surface area contributed by atoms with Gasteiger partial charge in [-0.25, -0.2) is 4.79 Å². The Morgan fingerprint density at radius 3 is 2.59 bits per heavy atom. The van der Waals surface area contributed by atoms with Crippen LogP contribution in [0.15, 0.2) is 36.0 Å². The zero-order valence-electron chi connectivity index (χ0n) is 15.2. The number of ether oxygens (including phenoxy) is 1. The highest BCUT2D eigenvalue weighted by Crippen LogP contribution is 2.67. The maximum absolute atomic E-state index is 13.5. The summed E-state index contributed by atoms with van der Waals surface area (Å²) in [7, 11) is 0. The summed E-state index contributed by atoms with van der Waals surface area (Å²) >= 11 is 3.19. The molecule has 1 aromatic carbocycles. The third kappa shape index (κ3) is 2.33. The van der Waals surface area contributed by atoms with Crippen molar-refractivity contribution in [2.75, 3.05) is 18.1 Å². The fraction of sp³-hybridized carbons (Fsp3) is 0.450. The van der Waals surface area contributed by atoms with Crippen LogP contribution in [-0.4, -0.2) is 44.5 Å². The first kappa shape index (κ1) is 18.5. The number of carbonyl (C=O) groups is 2. The minimum Gasteiger partial charge on any atom is -0.464 e. The van der Waals surface area contributed by atoms with Gasteiger partial charge in [-0.15, -0.1) is 23.5 Å². The van der Waals surface area contributed by atoms with Gasteiger partial charge >= 0.3 is 5.97 Å². The van der Waals surface area contributed by atoms with Crippen LogP contribution in [0.2, 0.25) is 0 Å². The Balaban J connectivity index is 1.96. The highest BCUT2D eigenvalue weighted by atomic mass is 32.2. The van der Waals surface area contributed by atoms with Crippen molar-refractivity contribution in [3.8, 4) is 6.07 Å². The SMILES string of the molecule is CCOC(=O)[C@]12[C@H](c3ccc(C)cc3)CC(=O)N1C=C(C#N)C21SCCS1. The third-order valence-corrected chi connectivity index (χ3v) is 9.18. The Labute approximate surface area is 167 Å². The average Bonchev–Trinajstić information content (AvgIpc) is 3.33. The van der Waals surface area contributed by atoms with E-state index in [-0.39, 0.29) is 24.9 Å². The molecule has 1 spiro atoms. The number of nitriles is 1. The summed E-state index contributed by atoms with van der Waals surface area (Å²) in [5.74, 6) is 0.752. The number of hydrogen-bond acceptors (Lipinski definition) is 6. The minimum absolute atomic E-state index is 0.133. The van der Waals surface area contributed by atoms with Gasteiger partial charge in [-0.2, -0.15) is 5.26 Å². The average molecular weight is 401 g/mol. The van der Waals surface area contributed by atoms with Crippen molar-refractivity contribution in [3.05, 3.63) is 47.2 Å². The zero-order chi connectivity index (χ0) is 19.2. The number of aryl methyl sites for hydroxylation is 1. The lowest BCUT2D eigenvalue weighted by molar-refractivity contribution is -0.157. The van der Waals surface area contributed by atoms with Gasteiger partial charge in [0.2, 0.25) is 5.91 Å². The van der Waals surface area contributed by atoms with Crippen LogP contribution < -0.4 is 0 Å². The van der Waals surface area contributed by atoms with Crippen molar-refractivity contribution in [2.24, 2.45) is 0 Å². The largest absolute Gasteiger partial charge is 0.464 e. The molecule has 1 aromatic rings. The van der Waals surface area contributed by atoms with Crippen LogP contribution in [0.25, 0.3) is 0 Å². The van der Waals surface area contributed by atoms with Crippen LogP contribution >= 0.6 is 23.5 Å². The second-order valence-corrected chi connectivity index (χ2v) is 9.76. The summed E-state index contributed by atoms with van der Waals surface area (Å²) < 4.78 is 4.72. The number of hydrogen-bond donors (Lipinski definition) is 0. The standard InChI is InChI=1S/C20H20N2O3S2/c1-3-25-18(24)19-16(14-6-4-13(2)5-7-14)10-17(23)22(19)12-15(11-21)20(19)26-8-9-27-20/h4-7,12,16H,3,8-10H2,1-2H3/t16-,19-/m0/s1. The van der Waals surface area contributed by atoms with E-state index in [1.165, 1.54) is 4.90 Å². The topological polar surface area (TPSA) is 70.4 Å².